The van der Waals surface area contributed by atoms with Gasteiger partial charge in [-0.2, -0.15) is 0 Å². The van der Waals surface area contributed by atoms with Gasteiger partial charge in [0.2, 0.25) is 11.8 Å². The number of hydrogen-bond donors (Lipinski definition) is 2. The van der Waals surface area contributed by atoms with Gasteiger partial charge in [-0.1, -0.05) is 38.1 Å². The summed E-state index contributed by atoms with van der Waals surface area (Å²) in [5, 5.41) is 5.79. The van der Waals surface area contributed by atoms with E-state index >= 15 is 0 Å². The maximum absolute atomic E-state index is 12.2. The van der Waals surface area contributed by atoms with Crippen molar-refractivity contribution in [3.8, 4) is 0 Å². The highest BCUT2D eigenvalue weighted by molar-refractivity contribution is 5.83. The smallest absolute Gasteiger partial charge is 0.225 e. The predicted molar refractivity (Wildman–Crippen MR) is 82.8 cm³/mol. The summed E-state index contributed by atoms with van der Waals surface area (Å²) >= 11 is 0. The maximum Gasteiger partial charge on any atom is 0.225 e. The van der Waals surface area contributed by atoms with Gasteiger partial charge in [0.25, 0.3) is 0 Å². The van der Waals surface area contributed by atoms with E-state index < -0.39 is 0 Å². The van der Waals surface area contributed by atoms with Crippen LogP contribution in [0.15, 0.2) is 24.3 Å². The summed E-state index contributed by atoms with van der Waals surface area (Å²) in [6, 6.07) is 8.36. The number of nitrogens with one attached hydrogen (secondary N) is 2. The monoisotopic (exact) mass is 288 g/mol. The lowest BCUT2D eigenvalue weighted by Crippen LogP contribution is -2.43. The molecule has 21 heavy (non-hydrogen) atoms. The van der Waals surface area contributed by atoms with Gasteiger partial charge in [0.1, 0.15) is 0 Å². The molecule has 1 heterocycles. The summed E-state index contributed by atoms with van der Waals surface area (Å²) in [6.45, 7) is 6.77. The zero-order valence-electron chi connectivity index (χ0n) is 13.0. The van der Waals surface area contributed by atoms with Gasteiger partial charge < -0.3 is 10.6 Å². The third-order valence-corrected chi connectivity index (χ3v) is 4.10. The first-order valence-electron chi connectivity index (χ1n) is 7.64. The standard InChI is InChI=1S/C17H24N2O2/c1-11(2)13-4-6-14(7-5-13)12(3)19-17(21)15-8-9-16(20)18-10-15/h4-7,11-12,15H,8-10H2,1-3H3,(H,18,20)(H,19,21). The lowest BCUT2D eigenvalue weighted by atomic mass is 9.96. The molecule has 4 heteroatoms. The minimum absolute atomic E-state index is 0.0173. The van der Waals surface area contributed by atoms with Crippen LogP contribution in [0.3, 0.4) is 0 Å². The van der Waals surface area contributed by atoms with Crippen molar-refractivity contribution in [3.05, 3.63) is 35.4 Å². The van der Waals surface area contributed by atoms with Crippen LogP contribution in [0.4, 0.5) is 0 Å². The summed E-state index contributed by atoms with van der Waals surface area (Å²) in [7, 11) is 0. The van der Waals surface area contributed by atoms with Crippen LogP contribution >= 0.6 is 0 Å². The van der Waals surface area contributed by atoms with Crippen LogP contribution in [0.1, 0.15) is 56.7 Å². The maximum atomic E-state index is 12.2. The molecule has 0 aromatic heterocycles. The summed E-state index contributed by atoms with van der Waals surface area (Å²) in [5.41, 5.74) is 2.40. The minimum atomic E-state index is -0.111. The van der Waals surface area contributed by atoms with Crippen molar-refractivity contribution < 1.29 is 9.59 Å². The molecule has 1 aliphatic rings. The number of piperidine rings is 1. The van der Waals surface area contributed by atoms with Crippen LogP contribution in [0, 0.1) is 5.92 Å². The van der Waals surface area contributed by atoms with Gasteiger partial charge in [0.05, 0.1) is 12.0 Å². The zero-order valence-corrected chi connectivity index (χ0v) is 13.0. The van der Waals surface area contributed by atoms with E-state index in [4.69, 9.17) is 0 Å². The average molecular weight is 288 g/mol. The van der Waals surface area contributed by atoms with Crippen molar-refractivity contribution in [3.63, 3.8) is 0 Å². The fourth-order valence-electron chi connectivity index (χ4n) is 2.54. The number of carbonyl (C=O) groups is 2. The normalized spacial score (nSPS) is 20.0. The lowest BCUT2D eigenvalue weighted by molar-refractivity contribution is -0.129. The highest BCUT2D eigenvalue weighted by Gasteiger charge is 2.25. The average Bonchev–Trinajstić information content (AvgIpc) is 2.47. The topological polar surface area (TPSA) is 58.2 Å². The third-order valence-electron chi connectivity index (χ3n) is 4.10. The van der Waals surface area contributed by atoms with Crippen molar-refractivity contribution in [2.75, 3.05) is 6.54 Å². The Labute approximate surface area is 126 Å². The molecule has 2 atom stereocenters. The molecule has 1 aromatic carbocycles. The molecule has 0 saturated carbocycles. The van der Waals surface area contributed by atoms with Crippen LogP contribution in [0.2, 0.25) is 0 Å². The fraction of sp³-hybridized carbons (Fsp3) is 0.529. The lowest BCUT2D eigenvalue weighted by Gasteiger charge is -2.24. The second-order valence-corrected chi connectivity index (χ2v) is 6.09. The molecular weight excluding hydrogens is 264 g/mol. The zero-order chi connectivity index (χ0) is 15.4. The fourth-order valence-corrected chi connectivity index (χ4v) is 2.54. The summed E-state index contributed by atoms with van der Waals surface area (Å²) in [6.07, 6.45) is 1.08. The number of amides is 2. The first kappa shape index (κ1) is 15.5. The summed E-state index contributed by atoms with van der Waals surface area (Å²) < 4.78 is 0. The molecule has 2 N–H and O–H groups in total. The Kier molecular flexibility index (Phi) is 4.99. The van der Waals surface area contributed by atoms with Gasteiger partial charge in [-0.05, 0) is 30.4 Å². The summed E-state index contributed by atoms with van der Waals surface area (Å²) in [5.74, 6) is 0.460. The number of benzene rings is 1. The molecule has 2 rings (SSSR count). The van der Waals surface area contributed by atoms with Crippen LogP contribution < -0.4 is 10.6 Å². The van der Waals surface area contributed by atoms with E-state index in [-0.39, 0.29) is 23.8 Å². The molecule has 0 aliphatic carbocycles. The van der Waals surface area contributed by atoms with Gasteiger partial charge >= 0.3 is 0 Å². The Balaban J connectivity index is 1.92. The molecular formula is C17H24N2O2. The van der Waals surface area contributed by atoms with Gasteiger partial charge in [-0.15, -0.1) is 0 Å². The molecule has 2 amide bonds. The van der Waals surface area contributed by atoms with E-state index in [0.717, 1.165) is 5.56 Å². The largest absolute Gasteiger partial charge is 0.355 e. The Morgan fingerprint density at radius 1 is 1.19 bits per heavy atom. The van der Waals surface area contributed by atoms with E-state index in [1.54, 1.807) is 0 Å². The molecule has 2 unspecified atom stereocenters. The highest BCUT2D eigenvalue weighted by Crippen LogP contribution is 2.19. The first-order valence-corrected chi connectivity index (χ1v) is 7.64. The van der Waals surface area contributed by atoms with Crippen LogP contribution in [0.25, 0.3) is 0 Å². The molecule has 0 bridgehead atoms. The van der Waals surface area contributed by atoms with Crippen LogP contribution in [-0.4, -0.2) is 18.4 Å². The van der Waals surface area contributed by atoms with Crippen molar-refractivity contribution >= 4 is 11.8 Å². The van der Waals surface area contributed by atoms with Crippen molar-refractivity contribution in [2.24, 2.45) is 5.92 Å². The van der Waals surface area contributed by atoms with E-state index in [1.165, 1.54) is 5.56 Å². The number of hydrogen-bond acceptors (Lipinski definition) is 2. The highest BCUT2D eigenvalue weighted by atomic mass is 16.2. The Bertz CT molecular complexity index is 498. The van der Waals surface area contributed by atoms with Crippen LogP contribution in [-0.2, 0) is 9.59 Å². The summed E-state index contributed by atoms with van der Waals surface area (Å²) in [4.78, 5) is 23.3. The molecule has 4 nitrogen and oxygen atoms in total. The van der Waals surface area contributed by atoms with Gasteiger partial charge in [-0.3, -0.25) is 9.59 Å². The molecule has 1 fully saturated rings. The van der Waals surface area contributed by atoms with Crippen LogP contribution in [0.5, 0.6) is 0 Å². The molecule has 114 valence electrons. The minimum Gasteiger partial charge on any atom is -0.355 e. The second kappa shape index (κ2) is 6.74. The van der Waals surface area contributed by atoms with Crippen molar-refractivity contribution in [2.45, 2.75) is 45.6 Å². The Morgan fingerprint density at radius 2 is 1.81 bits per heavy atom. The van der Waals surface area contributed by atoms with Gasteiger partial charge in [0, 0.05) is 13.0 Å². The van der Waals surface area contributed by atoms with E-state index in [0.29, 0.717) is 25.3 Å². The van der Waals surface area contributed by atoms with Gasteiger partial charge in [-0.25, -0.2) is 0 Å². The molecule has 0 radical (unpaired) electrons. The molecule has 1 saturated heterocycles. The van der Waals surface area contributed by atoms with Gasteiger partial charge in [0.15, 0.2) is 0 Å². The molecule has 1 aromatic rings. The number of rotatable bonds is 4. The molecule has 1 aliphatic heterocycles. The van der Waals surface area contributed by atoms with Crippen molar-refractivity contribution in [1.82, 2.24) is 10.6 Å². The Hall–Kier alpha value is -1.84. The SMILES string of the molecule is CC(C)c1ccc(C(C)NC(=O)C2CCC(=O)NC2)cc1. The van der Waals surface area contributed by atoms with E-state index in [9.17, 15) is 9.59 Å². The molecule has 0 spiro atoms. The first-order chi connectivity index (χ1) is 9.97. The second-order valence-electron chi connectivity index (χ2n) is 6.09. The Morgan fingerprint density at radius 3 is 2.33 bits per heavy atom. The third kappa shape index (κ3) is 4.06. The predicted octanol–water partition coefficient (Wildman–Crippen LogP) is 2.51. The van der Waals surface area contributed by atoms with Crippen molar-refractivity contribution in [1.29, 1.82) is 0 Å². The van der Waals surface area contributed by atoms with E-state index in [2.05, 4.69) is 48.7 Å². The quantitative estimate of drug-likeness (QED) is 0.894. The number of carbonyl (C=O) groups excluding carboxylic acids is 2. The van der Waals surface area contributed by atoms with E-state index in [1.807, 2.05) is 6.92 Å².